The quantitative estimate of drug-likeness (QED) is 0.942. The molecule has 2 aromatic rings. The van der Waals surface area contributed by atoms with Crippen LogP contribution in [0.1, 0.15) is 17.2 Å². The van der Waals surface area contributed by atoms with Crippen LogP contribution in [0.15, 0.2) is 48.8 Å². The van der Waals surface area contributed by atoms with Crippen molar-refractivity contribution in [3.05, 3.63) is 65.7 Å². The van der Waals surface area contributed by atoms with Crippen molar-refractivity contribution >= 4 is 5.91 Å². The molecule has 114 valence electrons. The molecule has 2 heterocycles. The number of carbonyl (C=O) groups is 1. The molecule has 1 N–H and O–H groups in total. The van der Waals surface area contributed by atoms with Crippen LogP contribution in [0.25, 0.3) is 0 Å². The van der Waals surface area contributed by atoms with E-state index in [2.05, 4.69) is 10.3 Å². The van der Waals surface area contributed by atoms with Gasteiger partial charge in [0.1, 0.15) is 5.82 Å². The molecule has 1 aliphatic rings. The van der Waals surface area contributed by atoms with Crippen LogP contribution in [-0.2, 0) is 11.2 Å². The van der Waals surface area contributed by atoms with E-state index < -0.39 is 0 Å². The third kappa shape index (κ3) is 3.14. The fourth-order valence-corrected chi connectivity index (χ4v) is 2.78. The Hall–Kier alpha value is -2.27. The van der Waals surface area contributed by atoms with Crippen molar-refractivity contribution in [2.45, 2.75) is 12.5 Å². The lowest BCUT2D eigenvalue weighted by Crippen LogP contribution is -2.49. The molecule has 1 aromatic carbocycles. The highest BCUT2D eigenvalue weighted by molar-refractivity contribution is 5.79. The lowest BCUT2D eigenvalue weighted by molar-refractivity contribution is -0.133. The fourth-order valence-electron chi connectivity index (χ4n) is 2.78. The van der Waals surface area contributed by atoms with Gasteiger partial charge in [-0.25, -0.2) is 4.39 Å². The van der Waals surface area contributed by atoms with E-state index in [-0.39, 0.29) is 24.2 Å². The maximum Gasteiger partial charge on any atom is 0.227 e. The predicted octanol–water partition coefficient (Wildman–Crippen LogP) is 1.94. The first kappa shape index (κ1) is 14.7. The second kappa shape index (κ2) is 6.66. The Morgan fingerprint density at radius 1 is 1.32 bits per heavy atom. The third-order valence-corrected chi connectivity index (χ3v) is 3.93. The van der Waals surface area contributed by atoms with Crippen LogP contribution in [0, 0.1) is 5.82 Å². The van der Waals surface area contributed by atoms with Crippen molar-refractivity contribution < 1.29 is 9.18 Å². The van der Waals surface area contributed by atoms with E-state index in [1.807, 2.05) is 17.0 Å². The maximum absolute atomic E-state index is 13.7. The number of piperazine rings is 1. The summed E-state index contributed by atoms with van der Waals surface area (Å²) < 4.78 is 13.7. The molecular formula is C17H18FN3O. The van der Waals surface area contributed by atoms with E-state index in [0.29, 0.717) is 18.7 Å². The second-order valence-electron chi connectivity index (χ2n) is 5.36. The first-order valence-corrected chi connectivity index (χ1v) is 7.39. The molecule has 3 rings (SSSR count). The molecule has 1 saturated heterocycles. The molecular weight excluding hydrogens is 281 g/mol. The fraction of sp³-hybridized carbons (Fsp3) is 0.294. The van der Waals surface area contributed by atoms with Gasteiger partial charge in [0, 0.05) is 32.0 Å². The normalized spacial score (nSPS) is 18.2. The van der Waals surface area contributed by atoms with Crippen molar-refractivity contribution in [2.24, 2.45) is 0 Å². The topological polar surface area (TPSA) is 45.2 Å². The average molecular weight is 299 g/mol. The van der Waals surface area contributed by atoms with Gasteiger partial charge in [0.2, 0.25) is 5.91 Å². The SMILES string of the molecule is O=C(Cc1ccccc1F)N1CCNCC1c1cccnc1. The van der Waals surface area contributed by atoms with E-state index in [0.717, 1.165) is 12.1 Å². The monoisotopic (exact) mass is 299 g/mol. The molecule has 1 amide bonds. The summed E-state index contributed by atoms with van der Waals surface area (Å²) in [6.07, 6.45) is 3.58. The summed E-state index contributed by atoms with van der Waals surface area (Å²) in [6.45, 7) is 2.06. The standard InChI is InChI=1S/C17H18FN3O/c18-15-6-2-1-4-13(15)10-17(22)21-9-8-20-12-16(21)14-5-3-7-19-11-14/h1-7,11,16,20H,8-10,12H2. The van der Waals surface area contributed by atoms with Crippen molar-refractivity contribution in [3.63, 3.8) is 0 Å². The van der Waals surface area contributed by atoms with Crippen molar-refractivity contribution in [1.82, 2.24) is 15.2 Å². The second-order valence-corrected chi connectivity index (χ2v) is 5.36. The molecule has 1 aliphatic heterocycles. The molecule has 0 spiro atoms. The number of aromatic nitrogens is 1. The van der Waals surface area contributed by atoms with Gasteiger partial charge in [0.05, 0.1) is 12.5 Å². The van der Waals surface area contributed by atoms with Crippen molar-refractivity contribution in [1.29, 1.82) is 0 Å². The van der Waals surface area contributed by atoms with Crippen molar-refractivity contribution in [2.75, 3.05) is 19.6 Å². The van der Waals surface area contributed by atoms with Crippen LogP contribution >= 0.6 is 0 Å². The number of rotatable bonds is 3. The van der Waals surface area contributed by atoms with Crippen LogP contribution in [0.3, 0.4) is 0 Å². The number of amides is 1. The van der Waals surface area contributed by atoms with Crippen LogP contribution < -0.4 is 5.32 Å². The highest BCUT2D eigenvalue weighted by Gasteiger charge is 2.28. The molecule has 0 saturated carbocycles. The van der Waals surface area contributed by atoms with Crippen LogP contribution in [0.2, 0.25) is 0 Å². The summed E-state index contributed by atoms with van der Waals surface area (Å²) in [5.74, 6) is -0.385. The number of carbonyl (C=O) groups excluding carboxylic acids is 1. The molecule has 1 fully saturated rings. The Morgan fingerprint density at radius 2 is 2.18 bits per heavy atom. The molecule has 0 bridgehead atoms. The van der Waals surface area contributed by atoms with E-state index >= 15 is 0 Å². The molecule has 4 nitrogen and oxygen atoms in total. The summed E-state index contributed by atoms with van der Waals surface area (Å²) in [4.78, 5) is 18.6. The lowest BCUT2D eigenvalue weighted by Gasteiger charge is -2.36. The summed E-state index contributed by atoms with van der Waals surface area (Å²) in [6, 6.07) is 10.2. The Morgan fingerprint density at radius 3 is 2.95 bits per heavy atom. The van der Waals surface area contributed by atoms with Gasteiger partial charge in [-0.1, -0.05) is 24.3 Å². The van der Waals surface area contributed by atoms with Gasteiger partial charge in [0.15, 0.2) is 0 Å². The van der Waals surface area contributed by atoms with E-state index in [1.165, 1.54) is 6.07 Å². The highest BCUT2D eigenvalue weighted by atomic mass is 19.1. The minimum absolute atomic E-state index is 0.0540. The smallest absolute Gasteiger partial charge is 0.227 e. The van der Waals surface area contributed by atoms with Crippen LogP contribution in [-0.4, -0.2) is 35.4 Å². The van der Waals surface area contributed by atoms with Crippen LogP contribution in [0.5, 0.6) is 0 Å². The molecule has 1 unspecified atom stereocenters. The van der Waals surface area contributed by atoms with Gasteiger partial charge < -0.3 is 10.2 Å². The van der Waals surface area contributed by atoms with Crippen LogP contribution in [0.4, 0.5) is 4.39 Å². The number of pyridine rings is 1. The minimum Gasteiger partial charge on any atom is -0.333 e. The summed E-state index contributed by atoms with van der Waals surface area (Å²) in [5.41, 5.74) is 1.44. The molecule has 1 aromatic heterocycles. The Labute approximate surface area is 129 Å². The largest absolute Gasteiger partial charge is 0.333 e. The molecule has 0 radical (unpaired) electrons. The van der Waals surface area contributed by atoms with Crippen molar-refractivity contribution in [3.8, 4) is 0 Å². The van der Waals surface area contributed by atoms with E-state index in [1.54, 1.807) is 30.6 Å². The average Bonchev–Trinajstić information content (AvgIpc) is 2.58. The van der Waals surface area contributed by atoms with Gasteiger partial charge in [-0.2, -0.15) is 0 Å². The molecule has 5 heteroatoms. The molecule has 22 heavy (non-hydrogen) atoms. The predicted molar refractivity (Wildman–Crippen MR) is 81.7 cm³/mol. The van der Waals surface area contributed by atoms with Gasteiger partial charge in [-0.05, 0) is 23.3 Å². The van der Waals surface area contributed by atoms with E-state index in [4.69, 9.17) is 0 Å². The first-order valence-electron chi connectivity index (χ1n) is 7.39. The summed E-state index contributed by atoms with van der Waals surface area (Å²) in [5, 5.41) is 3.30. The molecule has 0 aliphatic carbocycles. The summed E-state index contributed by atoms with van der Waals surface area (Å²) >= 11 is 0. The van der Waals surface area contributed by atoms with Gasteiger partial charge in [-0.3, -0.25) is 9.78 Å². The Kier molecular flexibility index (Phi) is 4.44. The maximum atomic E-state index is 13.7. The van der Waals surface area contributed by atoms with Gasteiger partial charge in [-0.15, -0.1) is 0 Å². The number of benzene rings is 1. The zero-order valence-corrected chi connectivity index (χ0v) is 12.2. The zero-order valence-electron chi connectivity index (χ0n) is 12.2. The van der Waals surface area contributed by atoms with Gasteiger partial charge in [0.25, 0.3) is 0 Å². The Balaban J connectivity index is 1.79. The minimum atomic E-state index is -0.330. The number of nitrogens with zero attached hydrogens (tertiary/aromatic N) is 2. The summed E-state index contributed by atoms with van der Waals surface area (Å²) in [7, 11) is 0. The third-order valence-electron chi connectivity index (χ3n) is 3.93. The Bertz CT molecular complexity index is 647. The number of nitrogens with one attached hydrogen (secondary N) is 1. The van der Waals surface area contributed by atoms with E-state index in [9.17, 15) is 9.18 Å². The number of hydrogen-bond acceptors (Lipinski definition) is 3. The zero-order chi connectivity index (χ0) is 15.4. The number of hydrogen-bond donors (Lipinski definition) is 1. The van der Waals surface area contributed by atoms with Gasteiger partial charge >= 0.3 is 0 Å². The lowest BCUT2D eigenvalue weighted by atomic mass is 10.0. The first-order chi connectivity index (χ1) is 10.8. The molecule has 1 atom stereocenters. The number of halogens is 1. The highest BCUT2D eigenvalue weighted by Crippen LogP contribution is 2.22.